The Kier molecular flexibility index (Phi) is 7.48. The number of aliphatic hydroxyl groups excluding tert-OH is 1. The van der Waals surface area contributed by atoms with Gasteiger partial charge in [0.25, 0.3) is 5.91 Å². The van der Waals surface area contributed by atoms with Crippen LogP contribution in [-0.2, 0) is 14.8 Å². The molecule has 162 valence electrons. The minimum Gasteiger partial charge on any atom is -0.394 e. The summed E-state index contributed by atoms with van der Waals surface area (Å²) in [5.74, 6) is -0.318. The maximum absolute atomic E-state index is 12.7. The van der Waals surface area contributed by atoms with Crippen molar-refractivity contribution in [1.29, 1.82) is 0 Å². The zero-order valence-electron chi connectivity index (χ0n) is 16.7. The van der Waals surface area contributed by atoms with Crippen LogP contribution in [0.15, 0.2) is 47.8 Å². The molecule has 3 N–H and O–H groups in total. The van der Waals surface area contributed by atoms with Gasteiger partial charge in [-0.05, 0) is 43.9 Å². The Morgan fingerprint density at radius 1 is 1.30 bits per heavy atom. The molecule has 3 rings (SSSR count). The van der Waals surface area contributed by atoms with Gasteiger partial charge >= 0.3 is 0 Å². The Morgan fingerprint density at radius 2 is 2.13 bits per heavy atom. The van der Waals surface area contributed by atoms with Crippen molar-refractivity contribution in [3.05, 3.63) is 54.1 Å². The highest BCUT2D eigenvalue weighted by atomic mass is 32.2. The summed E-state index contributed by atoms with van der Waals surface area (Å²) in [6, 6.07) is 6.13. The molecule has 0 unspecified atom stereocenters. The lowest BCUT2D eigenvalue weighted by molar-refractivity contribution is -0.0871. The first-order valence-corrected chi connectivity index (χ1v) is 11.3. The van der Waals surface area contributed by atoms with Crippen LogP contribution in [-0.4, -0.2) is 60.8 Å². The van der Waals surface area contributed by atoms with E-state index in [1.165, 1.54) is 24.7 Å². The number of hydrogen-bond donors (Lipinski definition) is 3. The third kappa shape index (κ3) is 5.82. The van der Waals surface area contributed by atoms with E-state index in [4.69, 9.17) is 4.74 Å². The van der Waals surface area contributed by atoms with Gasteiger partial charge in [0, 0.05) is 18.9 Å². The van der Waals surface area contributed by atoms with Crippen LogP contribution in [0.1, 0.15) is 35.3 Å². The number of nitrogens with zero attached hydrogens (tertiary/aromatic N) is 2. The van der Waals surface area contributed by atoms with Gasteiger partial charge in [-0.3, -0.25) is 9.78 Å². The summed E-state index contributed by atoms with van der Waals surface area (Å²) in [4.78, 5) is 20.0. The molecule has 9 nitrogen and oxygen atoms in total. The first-order chi connectivity index (χ1) is 14.4. The van der Waals surface area contributed by atoms with Crippen molar-refractivity contribution in [2.75, 3.05) is 13.2 Å². The van der Waals surface area contributed by atoms with Gasteiger partial charge in [-0.15, -0.1) is 0 Å². The second kappa shape index (κ2) is 10.1. The number of aliphatic hydroxyl groups is 1. The molecule has 1 saturated heterocycles. The molecule has 0 bridgehead atoms. The van der Waals surface area contributed by atoms with E-state index < -0.39 is 22.2 Å². The van der Waals surface area contributed by atoms with Gasteiger partial charge in [-0.2, -0.15) is 0 Å². The lowest BCUT2D eigenvalue weighted by Crippen LogP contribution is -2.51. The molecule has 1 aromatic heterocycles. The molecule has 2 aromatic rings. The third-order valence-electron chi connectivity index (χ3n) is 4.95. The highest BCUT2D eigenvalue weighted by Crippen LogP contribution is 2.23. The van der Waals surface area contributed by atoms with Gasteiger partial charge in [0.05, 0.1) is 35.9 Å². The lowest BCUT2D eigenvalue weighted by Gasteiger charge is -2.36. The smallest absolute Gasteiger partial charge is 0.271 e. The van der Waals surface area contributed by atoms with Crippen LogP contribution >= 0.6 is 0 Å². The molecule has 0 radical (unpaired) electrons. The molecule has 0 saturated carbocycles. The molecule has 0 aliphatic carbocycles. The molecule has 1 amide bonds. The Labute approximate surface area is 176 Å². The number of aryl methyl sites for hydroxylation is 1. The van der Waals surface area contributed by atoms with Crippen LogP contribution in [0.2, 0.25) is 0 Å². The minimum atomic E-state index is -3.71. The first-order valence-electron chi connectivity index (χ1n) is 9.78. The Hall–Kier alpha value is -2.40. The molecule has 1 aliphatic heterocycles. The quantitative estimate of drug-likeness (QED) is 0.560. The highest BCUT2D eigenvalue weighted by Gasteiger charge is 2.33. The Balaban J connectivity index is 1.51. The number of benzene rings is 1. The summed E-state index contributed by atoms with van der Waals surface area (Å²) in [6.07, 6.45) is 5.16. The van der Waals surface area contributed by atoms with Crippen LogP contribution in [0, 0.1) is 6.92 Å². The van der Waals surface area contributed by atoms with Crippen molar-refractivity contribution in [2.24, 2.45) is 0 Å². The molecule has 30 heavy (non-hydrogen) atoms. The maximum Gasteiger partial charge on any atom is 0.271 e. The molecule has 3 atom stereocenters. The van der Waals surface area contributed by atoms with Gasteiger partial charge < -0.3 is 15.2 Å². The van der Waals surface area contributed by atoms with E-state index in [0.29, 0.717) is 25.8 Å². The largest absolute Gasteiger partial charge is 0.394 e. The maximum atomic E-state index is 12.7. The van der Waals surface area contributed by atoms with E-state index in [1.807, 2.05) is 13.0 Å². The summed E-state index contributed by atoms with van der Waals surface area (Å²) in [7, 11) is -3.71. The van der Waals surface area contributed by atoms with E-state index in [2.05, 4.69) is 20.0 Å². The second-order valence-electron chi connectivity index (χ2n) is 7.24. The fourth-order valence-electron chi connectivity index (χ4n) is 3.38. The Bertz CT molecular complexity index is 955. The summed E-state index contributed by atoms with van der Waals surface area (Å²) >= 11 is 0. The van der Waals surface area contributed by atoms with Crippen LogP contribution in [0.3, 0.4) is 0 Å². The zero-order valence-corrected chi connectivity index (χ0v) is 17.5. The van der Waals surface area contributed by atoms with Crippen molar-refractivity contribution >= 4 is 15.9 Å². The Morgan fingerprint density at radius 3 is 2.83 bits per heavy atom. The molecular formula is C20H26N4O5S. The molecule has 2 heterocycles. The van der Waals surface area contributed by atoms with Gasteiger partial charge in [-0.25, -0.2) is 18.1 Å². The topological polar surface area (TPSA) is 131 Å². The number of nitrogens with one attached hydrogen (secondary N) is 2. The van der Waals surface area contributed by atoms with Gasteiger partial charge in [-0.1, -0.05) is 12.1 Å². The average Bonchev–Trinajstić information content (AvgIpc) is 2.75. The molecule has 10 heteroatoms. The van der Waals surface area contributed by atoms with E-state index in [-0.39, 0.29) is 29.2 Å². The summed E-state index contributed by atoms with van der Waals surface area (Å²) in [5.41, 5.74) is 1.08. The fourth-order valence-corrected chi connectivity index (χ4v) is 4.79. The van der Waals surface area contributed by atoms with Gasteiger partial charge in [0.1, 0.15) is 5.69 Å². The van der Waals surface area contributed by atoms with Crippen molar-refractivity contribution in [3.63, 3.8) is 0 Å². The van der Waals surface area contributed by atoms with Crippen LogP contribution < -0.4 is 10.0 Å². The fraction of sp³-hybridized carbons (Fsp3) is 0.450. The van der Waals surface area contributed by atoms with Gasteiger partial charge in [0.2, 0.25) is 10.0 Å². The second-order valence-corrected chi connectivity index (χ2v) is 8.95. The standard InChI is InChI=1S/C20H26N4O5S/c1-14-3-2-4-16(11-14)30(27,28)24-17-6-5-15(29-19(17)13-25)7-8-23-20(26)18-12-21-9-10-22-18/h2-4,9-12,15,17,19,24-25H,5-8,13H2,1H3,(H,23,26)/t15-,17+,19+/m0/s1. The SMILES string of the molecule is Cc1cccc(S(=O)(=O)N[C@@H]2CC[C@@H](CCNC(=O)c3cnccn3)O[C@@H]2CO)c1. The number of ether oxygens (including phenoxy) is 1. The summed E-state index contributed by atoms with van der Waals surface area (Å²) in [5, 5.41) is 12.5. The number of rotatable bonds is 8. The predicted octanol–water partition coefficient (Wildman–Crippen LogP) is 0.792. The molecule has 1 aromatic carbocycles. The molecular weight excluding hydrogens is 408 g/mol. The van der Waals surface area contributed by atoms with E-state index in [9.17, 15) is 18.3 Å². The number of carbonyl (C=O) groups excluding carboxylic acids is 1. The molecule has 0 spiro atoms. The van der Waals surface area contributed by atoms with Crippen molar-refractivity contribution in [1.82, 2.24) is 20.0 Å². The van der Waals surface area contributed by atoms with Gasteiger partial charge in [0.15, 0.2) is 0 Å². The number of hydrogen-bond acceptors (Lipinski definition) is 7. The zero-order chi connectivity index (χ0) is 21.6. The highest BCUT2D eigenvalue weighted by molar-refractivity contribution is 7.89. The normalized spacial score (nSPS) is 21.9. The molecule has 1 aliphatic rings. The predicted molar refractivity (Wildman–Crippen MR) is 109 cm³/mol. The number of carbonyl (C=O) groups is 1. The van der Waals surface area contributed by atoms with E-state index in [1.54, 1.807) is 12.1 Å². The number of amides is 1. The van der Waals surface area contributed by atoms with E-state index >= 15 is 0 Å². The monoisotopic (exact) mass is 434 g/mol. The van der Waals surface area contributed by atoms with Crippen molar-refractivity contribution in [2.45, 2.75) is 49.3 Å². The third-order valence-corrected chi connectivity index (χ3v) is 6.44. The van der Waals surface area contributed by atoms with Crippen LogP contribution in [0.4, 0.5) is 0 Å². The summed E-state index contributed by atoms with van der Waals surface area (Å²) < 4.78 is 33.9. The summed E-state index contributed by atoms with van der Waals surface area (Å²) in [6.45, 7) is 1.90. The number of aromatic nitrogens is 2. The van der Waals surface area contributed by atoms with Crippen LogP contribution in [0.5, 0.6) is 0 Å². The molecule has 1 fully saturated rings. The first kappa shape index (κ1) is 22.3. The van der Waals surface area contributed by atoms with E-state index in [0.717, 1.165) is 5.56 Å². The number of sulfonamides is 1. The van der Waals surface area contributed by atoms with Crippen molar-refractivity contribution in [3.8, 4) is 0 Å². The minimum absolute atomic E-state index is 0.188. The lowest BCUT2D eigenvalue weighted by atomic mass is 9.98. The average molecular weight is 435 g/mol. The van der Waals surface area contributed by atoms with Crippen molar-refractivity contribution < 1.29 is 23.1 Å². The van der Waals surface area contributed by atoms with Crippen LogP contribution in [0.25, 0.3) is 0 Å².